The highest BCUT2D eigenvalue weighted by Gasteiger charge is 2.17. The first-order valence-electron chi connectivity index (χ1n) is 4.74. The van der Waals surface area contributed by atoms with Gasteiger partial charge in [-0.3, -0.25) is 0 Å². The molecular formula is C9H13ClN4. The van der Waals surface area contributed by atoms with Gasteiger partial charge in [-0.15, -0.1) is 0 Å². The zero-order chi connectivity index (χ0) is 9.97. The van der Waals surface area contributed by atoms with Crippen molar-refractivity contribution in [1.29, 1.82) is 0 Å². The Morgan fingerprint density at radius 3 is 2.71 bits per heavy atom. The van der Waals surface area contributed by atoms with Crippen molar-refractivity contribution < 1.29 is 0 Å². The Labute approximate surface area is 88.1 Å². The number of rotatable bonds is 1. The van der Waals surface area contributed by atoms with Gasteiger partial charge < -0.3 is 10.6 Å². The Morgan fingerprint density at radius 1 is 1.36 bits per heavy atom. The predicted molar refractivity (Wildman–Crippen MR) is 56.5 cm³/mol. The lowest BCUT2D eigenvalue weighted by Crippen LogP contribution is -2.40. The highest BCUT2D eigenvalue weighted by molar-refractivity contribution is 6.29. The minimum absolute atomic E-state index is 0.337. The fourth-order valence-corrected chi connectivity index (χ4v) is 1.77. The van der Waals surface area contributed by atoms with E-state index >= 15 is 0 Å². The molecule has 4 nitrogen and oxygen atoms in total. The van der Waals surface area contributed by atoms with Gasteiger partial charge in [-0.2, -0.15) is 0 Å². The number of anilines is 1. The van der Waals surface area contributed by atoms with E-state index in [1.54, 1.807) is 6.07 Å². The standard InChI is InChI=1S/C9H13ClN4/c10-8-5-9(13-6-12-8)14-3-1-7(11)2-4-14/h5-7H,1-4,11H2. The van der Waals surface area contributed by atoms with Crippen molar-refractivity contribution in [2.75, 3.05) is 18.0 Å². The summed E-state index contributed by atoms with van der Waals surface area (Å²) >= 11 is 5.79. The molecule has 5 heteroatoms. The van der Waals surface area contributed by atoms with Crippen LogP contribution >= 0.6 is 11.6 Å². The fraction of sp³-hybridized carbons (Fsp3) is 0.556. The number of nitrogens with zero attached hydrogens (tertiary/aromatic N) is 3. The molecule has 0 amide bonds. The number of halogens is 1. The molecule has 0 saturated carbocycles. The molecule has 1 saturated heterocycles. The molecule has 1 aromatic heterocycles. The van der Waals surface area contributed by atoms with Gasteiger partial charge in [0.15, 0.2) is 0 Å². The fourth-order valence-electron chi connectivity index (χ4n) is 1.63. The summed E-state index contributed by atoms with van der Waals surface area (Å²) in [7, 11) is 0. The van der Waals surface area contributed by atoms with E-state index in [1.165, 1.54) is 6.33 Å². The summed E-state index contributed by atoms with van der Waals surface area (Å²) in [5.74, 6) is 0.900. The number of hydrogen-bond donors (Lipinski definition) is 1. The van der Waals surface area contributed by atoms with E-state index in [4.69, 9.17) is 17.3 Å². The topological polar surface area (TPSA) is 55.0 Å². The second kappa shape index (κ2) is 4.11. The van der Waals surface area contributed by atoms with E-state index in [2.05, 4.69) is 14.9 Å². The molecule has 0 unspecified atom stereocenters. The Hall–Kier alpha value is -0.870. The number of aromatic nitrogens is 2. The zero-order valence-corrected chi connectivity index (χ0v) is 8.61. The third-order valence-corrected chi connectivity index (χ3v) is 2.69. The van der Waals surface area contributed by atoms with Crippen molar-refractivity contribution >= 4 is 17.4 Å². The lowest BCUT2D eigenvalue weighted by Gasteiger charge is -2.30. The minimum atomic E-state index is 0.337. The summed E-state index contributed by atoms with van der Waals surface area (Å²) in [6.07, 6.45) is 3.52. The van der Waals surface area contributed by atoms with Crippen molar-refractivity contribution in [3.05, 3.63) is 17.5 Å². The van der Waals surface area contributed by atoms with Crippen LogP contribution in [0.15, 0.2) is 12.4 Å². The molecule has 0 aliphatic carbocycles. The van der Waals surface area contributed by atoms with Gasteiger partial charge in [0.25, 0.3) is 0 Å². The molecule has 1 aliphatic heterocycles. The number of nitrogens with two attached hydrogens (primary N) is 1. The first-order chi connectivity index (χ1) is 6.75. The molecule has 1 fully saturated rings. The van der Waals surface area contributed by atoms with E-state index < -0.39 is 0 Å². The molecule has 2 N–H and O–H groups in total. The van der Waals surface area contributed by atoms with Crippen LogP contribution in [0.5, 0.6) is 0 Å². The number of piperidine rings is 1. The molecule has 14 heavy (non-hydrogen) atoms. The van der Waals surface area contributed by atoms with Crippen LogP contribution in [0, 0.1) is 0 Å². The van der Waals surface area contributed by atoms with Gasteiger partial charge in [-0.1, -0.05) is 11.6 Å². The van der Waals surface area contributed by atoms with E-state index in [9.17, 15) is 0 Å². The third kappa shape index (κ3) is 2.13. The summed E-state index contributed by atoms with van der Waals surface area (Å²) in [4.78, 5) is 10.2. The first-order valence-corrected chi connectivity index (χ1v) is 5.11. The van der Waals surface area contributed by atoms with Crippen molar-refractivity contribution in [2.24, 2.45) is 5.73 Å². The van der Waals surface area contributed by atoms with Gasteiger partial charge in [0.05, 0.1) is 0 Å². The monoisotopic (exact) mass is 212 g/mol. The van der Waals surface area contributed by atoms with Crippen molar-refractivity contribution in [2.45, 2.75) is 18.9 Å². The van der Waals surface area contributed by atoms with Gasteiger partial charge in [0, 0.05) is 25.2 Å². The molecular weight excluding hydrogens is 200 g/mol. The van der Waals surface area contributed by atoms with Crippen molar-refractivity contribution in [3.8, 4) is 0 Å². The molecule has 0 bridgehead atoms. The van der Waals surface area contributed by atoms with Crippen LogP contribution in [-0.2, 0) is 0 Å². The van der Waals surface area contributed by atoms with Crippen LogP contribution in [0.4, 0.5) is 5.82 Å². The van der Waals surface area contributed by atoms with Gasteiger partial charge in [-0.25, -0.2) is 9.97 Å². The normalized spacial score (nSPS) is 18.6. The van der Waals surface area contributed by atoms with E-state index in [0.717, 1.165) is 31.7 Å². The average molecular weight is 213 g/mol. The Bertz CT molecular complexity index is 309. The second-order valence-corrected chi connectivity index (χ2v) is 3.91. The van der Waals surface area contributed by atoms with Crippen LogP contribution in [-0.4, -0.2) is 29.1 Å². The molecule has 76 valence electrons. The highest BCUT2D eigenvalue weighted by atomic mass is 35.5. The maximum Gasteiger partial charge on any atom is 0.134 e. The summed E-state index contributed by atoms with van der Waals surface area (Å²) in [6, 6.07) is 2.13. The Balaban J connectivity index is 2.08. The molecule has 1 aromatic rings. The average Bonchev–Trinajstić information content (AvgIpc) is 2.19. The van der Waals surface area contributed by atoms with Crippen molar-refractivity contribution in [3.63, 3.8) is 0 Å². The summed E-state index contributed by atoms with van der Waals surface area (Å²) < 4.78 is 0. The molecule has 0 atom stereocenters. The number of hydrogen-bond acceptors (Lipinski definition) is 4. The zero-order valence-electron chi connectivity index (χ0n) is 7.86. The molecule has 2 rings (SSSR count). The van der Waals surface area contributed by atoms with Crippen LogP contribution in [0.25, 0.3) is 0 Å². The Kier molecular flexibility index (Phi) is 2.84. The maximum atomic E-state index is 5.82. The summed E-state index contributed by atoms with van der Waals surface area (Å²) in [5.41, 5.74) is 5.82. The lowest BCUT2D eigenvalue weighted by molar-refractivity contribution is 0.498. The molecule has 0 spiro atoms. The molecule has 1 aliphatic rings. The smallest absolute Gasteiger partial charge is 0.134 e. The second-order valence-electron chi connectivity index (χ2n) is 3.52. The molecule has 0 radical (unpaired) electrons. The van der Waals surface area contributed by atoms with Gasteiger partial charge >= 0.3 is 0 Å². The third-order valence-electron chi connectivity index (χ3n) is 2.48. The van der Waals surface area contributed by atoms with Crippen molar-refractivity contribution in [1.82, 2.24) is 9.97 Å². The lowest BCUT2D eigenvalue weighted by atomic mass is 10.1. The summed E-state index contributed by atoms with van der Waals surface area (Å²) in [6.45, 7) is 1.91. The molecule has 0 aromatic carbocycles. The highest BCUT2D eigenvalue weighted by Crippen LogP contribution is 2.18. The van der Waals surface area contributed by atoms with Crippen LogP contribution in [0.3, 0.4) is 0 Å². The van der Waals surface area contributed by atoms with E-state index in [-0.39, 0.29) is 0 Å². The van der Waals surface area contributed by atoms with Gasteiger partial charge in [0.1, 0.15) is 17.3 Å². The van der Waals surface area contributed by atoms with Crippen LogP contribution in [0.1, 0.15) is 12.8 Å². The van der Waals surface area contributed by atoms with E-state index in [1.807, 2.05) is 0 Å². The molecule has 2 heterocycles. The first kappa shape index (κ1) is 9.68. The SMILES string of the molecule is NC1CCN(c2cc(Cl)ncn2)CC1. The largest absolute Gasteiger partial charge is 0.356 e. The van der Waals surface area contributed by atoms with Crippen LogP contribution in [0.2, 0.25) is 5.15 Å². The van der Waals surface area contributed by atoms with Crippen LogP contribution < -0.4 is 10.6 Å². The Morgan fingerprint density at radius 2 is 2.07 bits per heavy atom. The quantitative estimate of drug-likeness (QED) is 0.708. The minimum Gasteiger partial charge on any atom is -0.356 e. The van der Waals surface area contributed by atoms with E-state index in [0.29, 0.717) is 11.2 Å². The summed E-state index contributed by atoms with van der Waals surface area (Å²) in [5, 5.41) is 0.491. The van der Waals surface area contributed by atoms with Gasteiger partial charge in [-0.05, 0) is 12.8 Å². The predicted octanol–water partition coefficient (Wildman–Crippen LogP) is 1.06. The van der Waals surface area contributed by atoms with Gasteiger partial charge in [0.2, 0.25) is 0 Å². The maximum absolute atomic E-state index is 5.82.